The summed E-state index contributed by atoms with van der Waals surface area (Å²) < 4.78 is 0. The van der Waals surface area contributed by atoms with Crippen LogP contribution in [-0.2, 0) is 6.54 Å². The Morgan fingerprint density at radius 3 is 2.85 bits per heavy atom. The highest BCUT2D eigenvalue weighted by Gasteiger charge is 2.21. The first-order chi connectivity index (χ1) is 9.70. The number of aryl methyl sites for hydroxylation is 1. The van der Waals surface area contributed by atoms with E-state index in [1.54, 1.807) is 0 Å². The molecule has 0 amide bonds. The second kappa shape index (κ2) is 5.64. The lowest BCUT2D eigenvalue weighted by atomic mass is 10.3. The topological polar surface area (TPSA) is 79.4 Å². The summed E-state index contributed by atoms with van der Waals surface area (Å²) in [6, 6.07) is 2.51. The standard InChI is InChI=1S/C14H22N6/c1-10-8-12(9-16-13(15)18-11-4-5-11)19-14(17-10)20-6-2-3-7-20/h8,11H,2-7,9H2,1H3,(H3,15,16,18). The molecule has 1 aromatic heterocycles. The summed E-state index contributed by atoms with van der Waals surface area (Å²) in [6.07, 6.45) is 4.84. The number of aliphatic imine (C=N–C) groups is 1. The van der Waals surface area contributed by atoms with Crippen molar-refractivity contribution in [2.75, 3.05) is 18.0 Å². The van der Waals surface area contributed by atoms with E-state index in [4.69, 9.17) is 5.73 Å². The van der Waals surface area contributed by atoms with E-state index in [-0.39, 0.29) is 0 Å². The lowest BCUT2D eigenvalue weighted by molar-refractivity contribution is 0.843. The van der Waals surface area contributed by atoms with Crippen LogP contribution in [-0.4, -0.2) is 35.1 Å². The molecule has 3 rings (SSSR count). The first kappa shape index (κ1) is 13.1. The maximum atomic E-state index is 5.85. The molecule has 0 aromatic carbocycles. The van der Waals surface area contributed by atoms with Crippen LogP contribution in [0.1, 0.15) is 37.1 Å². The molecule has 1 saturated carbocycles. The number of aromatic nitrogens is 2. The molecular weight excluding hydrogens is 252 g/mol. The molecule has 1 aromatic rings. The van der Waals surface area contributed by atoms with Crippen LogP contribution in [0.15, 0.2) is 11.1 Å². The normalized spacial score (nSPS) is 19.4. The van der Waals surface area contributed by atoms with Crippen LogP contribution in [0.3, 0.4) is 0 Å². The monoisotopic (exact) mass is 274 g/mol. The van der Waals surface area contributed by atoms with Gasteiger partial charge in [0.2, 0.25) is 5.95 Å². The fourth-order valence-corrected chi connectivity index (χ4v) is 2.41. The minimum Gasteiger partial charge on any atom is -0.370 e. The van der Waals surface area contributed by atoms with Crippen LogP contribution in [0, 0.1) is 6.92 Å². The Kier molecular flexibility index (Phi) is 3.71. The van der Waals surface area contributed by atoms with Crippen molar-refractivity contribution in [3.05, 3.63) is 17.5 Å². The minimum absolute atomic E-state index is 0.510. The Balaban J connectivity index is 1.68. The van der Waals surface area contributed by atoms with Crippen LogP contribution >= 0.6 is 0 Å². The Bertz CT molecular complexity index is 502. The first-order valence-electron chi connectivity index (χ1n) is 7.37. The van der Waals surface area contributed by atoms with Crippen molar-refractivity contribution in [2.24, 2.45) is 10.7 Å². The van der Waals surface area contributed by atoms with Gasteiger partial charge in [-0.1, -0.05) is 0 Å². The van der Waals surface area contributed by atoms with Gasteiger partial charge >= 0.3 is 0 Å². The van der Waals surface area contributed by atoms with Gasteiger partial charge in [0.05, 0.1) is 12.2 Å². The van der Waals surface area contributed by atoms with E-state index in [0.29, 0.717) is 18.5 Å². The number of nitrogens with one attached hydrogen (secondary N) is 1. The second-order valence-electron chi connectivity index (χ2n) is 5.61. The Labute approximate surface area is 119 Å². The SMILES string of the molecule is Cc1cc(CN=C(N)NC2CC2)nc(N2CCCC2)n1. The molecule has 6 heteroatoms. The molecule has 20 heavy (non-hydrogen) atoms. The van der Waals surface area contributed by atoms with Crippen LogP contribution in [0.25, 0.3) is 0 Å². The zero-order valence-corrected chi connectivity index (χ0v) is 12.0. The molecule has 2 fully saturated rings. The van der Waals surface area contributed by atoms with E-state index in [9.17, 15) is 0 Å². The zero-order chi connectivity index (χ0) is 13.9. The molecule has 3 N–H and O–H groups in total. The predicted octanol–water partition coefficient (Wildman–Crippen LogP) is 0.952. The lowest BCUT2D eigenvalue weighted by Crippen LogP contribution is -2.33. The lowest BCUT2D eigenvalue weighted by Gasteiger charge is -2.16. The molecule has 2 heterocycles. The molecule has 6 nitrogen and oxygen atoms in total. The smallest absolute Gasteiger partial charge is 0.225 e. The van der Waals surface area contributed by atoms with Crippen molar-refractivity contribution in [2.45, 2.75) is 45.2 Å². The van der Waals surface area contributed by atoms with Gasteiger partial charge in [-0.25, -0.2) is 15.0 Å². The van der Waals surface area contributed by atoms with E-state index in [1.807, 2.05) is 13.0 Å². The average Bonchev–Trinajstić information content (AvgIpc) is 3.06. The molecule has 0 atom stereocenters. The summed E-state index contributed by atoms with van der Waals surface area (Å²) in [5.74, 6) is 1.35. The molecule has 0 bridgehead atoms. The summed E-state index contributed by atoms with van der Waals surface area (Å²) >= 11 is 0. The van der Waals surface area contributed by atoms with Crippen LogP contribution in [0.4, 0.5) is 5.95 Å². The summed E-state index contributed by atoms with van der Waals surface area (Å²) in [4.78, 5) is 15.7. The molecular formula is C14H22N6. The van der Waals surface area contributed by atoms with Crippen molar-refractivity contribution in [3.63, 3.8) is 0 Å². The molecule has 0 unspecified atom stereocenters. The third kappa shape index (κ3) is 3.37. The summed E-state index contributed by atoms with van der Waals surface area (Å²) in [6.45, 7) is 4.62. The zero-order valence-electron chi connectivity index (χ0n) is 12.0. The van der Waals surface area contributed by atoms with Crippen LogP contribution in [0.5, 0.6) is 0 Å². The Morgan fingerprint density at radius 2 is 2.15 bits per heavy atom. The fraction of sp³-hybridized carbons (Fsp3) is 0.643. The number of nitrogens with zero attached hydrogens (tertiary/aromatic N) is 4. The largest absolute Gasteiger partial charge is 0.370 e. The van der Waals surface area contributed by atoms with Crippen molar-refractivity contribution in [3.8, 4) is 0 Å². The van der Waals surface area contributed by atoms with Gasteiger partial charge in [-0.15, -0.1) is 0 Å². The number of anilines is 1. The molecule has 1 saturated heterocycles. The van der Waals surface area contributed by atoms with Gasteiger partial charge in [0.15, 0.2) is 5.96 Å². The van der Waals surface area contributed by atoms with E-state index in [2.05, 4.69) is 25.2 Å². The summed E-state index contributed by atoms with van der Waals surface area (Å²) in [7, 11) is 0. The maximum Gasteiger partial charge on any atom is 0.225 e. The fourth-order valence-electron chi connectivity index (χ4n) is 2.41. The first-order valence-corrected chi connectivity index (χ1v) is 7.37. The van der Waals surface area contributed by atoms with Crippen LogP contribution in [0.2, 0.25) is 0 Å². The van der Waals surface area contributed by atoms with Gasteiger partial charge in [0.1, 0.15) is 0 Å². The predicted molar refractivity (Wildman–Crippen MR) is 79.7 cm³/mol. The number of hydrogen-bond donors (Lipinski definition) is 2. The van der Waals surface area contributed by atoms with Crippen molar-refractivity contribution in [1.29, 1.82) is 0 Å². The highest BCUT2D eigenvalue weighted by molar-refractivity contribution is 5.78. The van der Waals surface area contributed by atoms with E-state index < -0.39 is 0 Å². The molecule has 1 aliphatic carbocycles. The Hall–Kier alpha value is -1.85. The van der Waals surface area contributed by atoms with Crippen LogP contribution < -0.4 is 16.0 Å². The highest BCUT2D eigenvalue weighted by Crippen LogP contribution is 2.18. The molecule has 0 spiro atoms. The van der Waals surface area contributed by atoms with E-state index in [0.717, 1.165) is 30.4 Å². The van der Waals surface area contributed by atoms with E-state index in [1.165, 1.54) is 25.7 Å². The number of nitrogens with two attached hydrogens (primary N) is 1. The van der Waals surface area contributed by atoms with Gasteiger partial charge in [0, 0.05) is 24.8 Å². The number of rotatable bonds is 4. The minimum atomic E-state index is 0.510. The van der Waals surface area contributed by atoms with Gasteiger partial charge in [-0.05, 0) is 38.7 Å². The highest BCUT2D eigenvalue weighted by atomic mass is 15.3. The third-order valence-electron chi connectivity index (χ3n) is 3.63. The second-order valence-corrected chi connectivity index (χ2v) is 5.61. The molecule has 1 aliphatic heterocycles. The summed E-state index contributed by atoms with van der Waals surface area (Å²) in [5.41, 5.74) is 7.76. The van der Waals surface area contributed by atoms with E-state index >= 15 is 0 Å². The van der Waals surface area contributed by atoms with Gasteiger partial charge < -0.3 is 16.0 Å². The quantitative estimate of drug-likeness (QED) is 0.631. The number of guanidine groups is 1. The average molecular weight is 274 g/mol. The van der Waals surface area contributed by atoms with Crippen molar-refractivity contribution in [1.82, 2.24) is 15.3 Å². The van der Waals surface area contributed by atoms with Crippen molar-refractivity contribution < 1.29 is 0 Å². The summed E-state index contributed by atoms with van der Waals surface area (Å²) in [5, 5.41) is 3.18. The molecule has 108 valence electrons. The Morgan fingerprint density at radius 1 is 1.40 bits per heavy atom. The third-order valence-corrected chi connectivity index (χ3v) is 3.63. The van der Waals surface area contributed by atoms with Crippen molar-refractivity contribution >= 4 is 11.9 Å². The van der Waals surface area contributed by atoms with Gasteiger partial charge in [-0.3, -0.25) is 0 Å². The molecule has 0 radical (unpaired) electrons. The van der Waals surface area contributed by atoms with Gasteiger partial charge in [-0.2, -0.15) is 0 Å². The maximum absolute atomic E-state index is 5.85. The van der Waals surface area contributed by atoms with Gasteiger partial charge in [0.25, 0.3) is 0 Å². The number of hydrogen-bond acceptors (Lipinski definition) is 4. The molecule has 2 aliphatic rings.